The first kappa shape index (κ1) is 23.6. The normalized spacial score (nSPS) is 34.3. The molecule has 11 N–H and O–H groups in total. The molecular formula is C14H30N2O10. The average Bonchev–Trinajstić information content (AvgIpc) is 2.65. The van der Waals surface area contributed by atoms with Crippen molar-refractivity contribution in [1.82, 2.24) is 5.32 Å². The minimum Gasteiger partial charge on any atom is -0.394 e. The van der Waals surface area contributed by atoms with Crippen LogP contribution in [-0.2, 0) is 9.47 Å². The zero-order chi connectivity index (χ0) is 19.9. The third kappa shape index (κ3) is 6.02. The van der Waals surface area contributed by atoms with E-state index in [9.17, 15) is 35.7 Å². The number of nitrogens with one attached hydrogen (secondary N) is 1. The predicted octanol–water partition coefficient (Wildman–Crippen LogP) is -6.21. The molecule has 0 amide bonds. The van der Waals surface area contributed by atoms with Gasteiger partial charge in [0.05, 0.1) is 13.2 Å². The Bertz CT molecular complexity index is 391. The van der Waals surface area contributed by atoms with Crippen LogP contribution >= 0.6 is 0 Å². The molecule has 1 aliphatic rings. The number of hydrogen-bond donors (Lipinski definition) is 10. The predicted molar refractivity (Wildman–Crippen MR) is 85.7 cm³/mol. The lowest BCUT2D eigenvalue weighted by molar-refractivity contribution is -0.319. The summed E-state index contributed by atoms with van der Waals surface area (Å²) in [7, 11) is 0. The summed E-state index contributed by atoms with van der Waals surface area (Å²) >= 11 is 0. The van der Waals surface area contributed by atoms with Crippen LogP contribution in [-0.4, -0.2) is 129 Å². The van der Waals surface area contributed by atoms with Crippen LogP contribution < -0.4 is 11.1 Å². The molecule has 1 fully saturated rings. The zero-order valence-electron chi connectivity index (χ0n) is 14.2. The second-order valence-corrected chi connectivity index (χ2v) is 6.10. The molecule has 26 heavy (non-hydrogen) atoms. The van der Waals surface area contributed by atoms with E-state index >= 15 is 0 Å². The lowest BCUT2D eigenvalue weighted by atomic mass is 9.98. The molecule has 12 heteroatoms. The number of aliphatic hydroxyl groups is 8. The van der Waals surface area contributed by atoms with E-state index in [2.05, 4.69) is 5.32 Å². The van der Waals surface area contributed by atoms with Gasteiger partial charge >= 0.3 is 0 Å². The highest BCUT2D eigenvalue weighted by Crippen LogP contribution is 2.24. The van der Waals surface area contributed by atoms with Crippen molar-refractivity contribution >= 4 is 0 Å². The van der Waals surface area contributed by atoms with E-state index in [0.717, 1.165) is 0 Å². The third-order valence-electron chi connectivity index (χ3n) is 4.14. The van der Waals surface area contributed by atoms with Crippen LogP contribution in [0.4, 0.5) is 0 Å². The molecule has 0 spiro atoms. The maximum Gasteiger partial charge on any atom is 0.187 e. The lowest BCUT2D eigenvalue weighted by Gasteiger charge is -2.41. The van der Waals surface area contributed by atoms with E-state index in [1.54, 1.807) is 0 Å². The first-order chi connectivity index (χ1) is 12.3. The molecule has 0 aromatic carbocycles. The maximum atomic E-state index is 10.2. The largest absolute Gasteiger partial charge is 0.394 e. The summed E-state index contributed by atoms with van der Waals surface area (Å²) in [5.41, 5.74) is 5.35. The molecule has 9 unspecified atom stereocenters. The topological polar surface area (TPSA) is 218 Å². The summed E-state index contributed by atoms with van der Waals surface area (Å²) in [6.07, 6.45) is -14.0. The van der Waals surface area contributed by atoms with Gasteiger partial charge in [0.25, 0.3) is 0 Å². The summed E-state index contributed by atoms with van der Waals surface area (Å²) < 4.78 is 10.6. The van der Waals surface area contributed by atoms with Crippen LogP contribution in [0, 0.1) is 0 Å². The fourth-order valence-corrected chi connectivity index (χ4v) is 2.50. The molecule has 156 valence electrons. The molecule has 1 heterocycles. The summed E-state index contributed by atoms with van der Waals surface area (Å²) in [6, 6.07) is 0. The van der Waals surface area contributed by atoms with Crippen molar-refractivity contribution in [1.29, 1.82) is 0 Å². The highest BCUT2D eigenvalue weighted by Gasteiger charge is 2.46. The first-order valence-corrected chi connectivity index (χ1v) is 8.30. The minimum absolute atomic E-state index is 0.0808. The van der Waals surface area contributed by atoms with Crippen LogP contribution in [0.3, 0.4) is 0 Å². The highest BCUT2D eigenvalue weighted by atomic mass is 16.7. The van der Waals surface area contributed by atoms with Crippen molar-refractivity contribution in [2.75, 3.05) is 32.8 Å². The van der Waals surface area contributed by atoms with Gasteiger partial charge in [-0.25, -0.2) is 0 Å². The van der Waals surface area contributed by atoms with Crippen LogP contribution in [0.5, 0.6) is 0 Å². The summed E-state index contributed by atoms with van der Waals surface area (Å²) in [6.45, 7) is -0.941. The highest BCUT2D eigenvalue weighted by molar-refractivity contribution is 4.91. The van der Waals surface area contributed by atoms with Crippen LogP contribution in [0.15, 0.2) is 0 Å². The molecule has 0 saturated carbocycles. The standard InChI is InChI=1S/C14H30N2O10/c15-1-2-16-3-7(10(21)9(20)6(19)4-17)25-14-13(24)12(23)11(22)8(5-18)26-14/h6-14,16-24H,1-5,15H2. The maximum absolute atomic E-state index is 10.2. The first-order valence-electron chi connectivity index (χ1n) is 8.30. The van der Waals surface area contributed by atoms with E-state index in [1.165, 1.54) is 0 Å². The molecule has 1 saturated heterocycles. The van der Waals surface area contributed by atoms with E-state index in [1.807, 2.05) is 0 Å². The Balaban J connectivity index is 2.85. The van der Waals surface area contributed by atoms with Crippen LogP contribution in [0.2, 0.25) is 0 Å². The number of hydrogen-bond acceptors (Lipinski definition) is 12. The van der Waals surface area contributed by atoms with Gasteiger partial charge in [0.2, 0.25) is 0 Å². The lowest BCUT2D eigenvalue weighted by Crippen LogP contribution is -2.61. The van der Waals surface area contributed by atoms with Gasteiger partial charge in [-0.1, -0.05) is 0 Å². The monoisotopic (exact) mass is 386 g/mol. The second kappa shape index (κ2) is 11.4. The molecule has 9 atom stereocenters. The van der Waals surface area contributed by atoms with E-state index in [-0.39, 0.29) is 13.1 Å². The van der Waals surface area contributed by atoms with Gasteiger partial charge in [-0.15, -0.1) is 0 Å². The molecule has 0 aromatic heterocycles. The Kier molecular flexibility index (Phi) is 10.3. The summed E-state index contributed by atoms with van der Waals surface area (Å²) in [5.74, 6) is 0. The van der Waals surface area contributed by atoms with Gasteiger partial charge in [0.1, 0.15) is 48.8 Å². The molecule has 0 radical (unpaired) electrons. The summed E-state index contributed by atoms with van der Waals surface area (Å²) in [5, 5.41) is 80.0. The number of nitrogens with two attached hydrogens (primary N) is 1. The fraction of sp³-hybridized carbons (Fsp3) is 1.00. The number of rotatable bonds is 11. The van der Waals surface area contributed by atoms with E-state index in [0.29, 0.717) is 6.54 Å². The second-order valence-electron chi connectivity index (χ2n) is 6.10. The van der Waals surface area contributed by atoms with E-state index < -0.39 is 68.3 Å². The van der Waals surface area contributed by atoms with Crippen molar-refractivity contribution < 1.29 is 50.3 Å². The van der Waals surface area contributed by atoms with Gasteiger partial charge < -0.3 is 61.4 Å². The fourth-order valence-electron chi connectivity index (χ4n) is 2.50. The quantitative estimate of drug-likeness (QED) is 0.150. The van der Waals surface area contributed by atoms with Crippen LogP contribution in [0.25, 0.3) is 0 Å². The van der Waals surface area contributed by atoms with Crippen molar-refractivity contribution in [2.45, 2.75) is 55.1 Å². The summed E-state index contributed by atoms with van der Waals surface area (Å²) in [4.78, 5) is 0. The van der Waals surface area contributed by atoms with Crippen molar-refractivity contribution in [2.24, 2.45) is 5.73 Å². The third-order valence-corrected chi connectivity index (χ3v) is 4.14. The van der Waals surface area contributed by atoms with Gasteiger partial charge in [-0.3, -0.25) is 0 Å². The molecule has 0 bridgehead atoms. The minimum atomic E-state index is -1.77. The Morgan fingerprint density at radius 3 is 2.19 bits per heavy atom. The van der Waals surface area contributed by atoms with Crippen molar-refractivity contribution in [3.8, 4) is 0 Å². The number of aliphatic hydroxyl groups excluding tert-OH is 8. The molecule has 1 aliphatic heterocycles. The smallest absolute Gasteiger partial charge is 0.187 e. The van der Waals surface area contributed by atoms with Crippen molar-refractivity contribution in [3.63, 3.8) is 0 Å². The van der Waals surface area contributed by atoms with Gasteiger partial charge in [0.15, 0.2) is 6.29 Å². The van der Waals surface area contributed by atoms with Gasteiger partial charge in [0, 0.05) is 19.6 Å². The average molecular weight is 386 g/mol. The Morgan fingerprint density at radius 1 is 1.00 bits per heavy atom. The number of ether oxygens (including phenoxy) is 2. The Labute approximate surface area is 150 Å². The Morgan fingerprint density at radius 2 is 1.65 bits per heavy atom. The Hall–Kier alpha value is -0.480. The molecular weight excluding hydrogens is 356 g/mol. The SMILES string of the molecule is NCCNCC(OC1OC(CO)C(O)C(O)C1O)C(O)C(O)C(O)CO. The zero-order valence-corrected chi connectivity index (χ0v) is 14.2. The molecule has 12 nitrogen and oxygen atoms in total. The molecule has 0 aromatic rings. The molecule has 1 rings (SSSR count). The van der Waals surface area contributed by atoms with E-state index in [4.69, 9.17) is 20.3 Å². The van der Waals surface area contributed by atoms with Crippen LogP contribution in [0.1, 0.15) is 0 Å². The van der Waals surface area contributed by atoms with Gasteiger partial charge in [-0.05, 0) is 0 Å². The van der Waals surface area contributed by atoms with Gasteiger partial charge in [-0.2, -0.15) is 0 Å². The van der Waals surface area contributed by atoms with Crippen molar-refractivity contribution in [3.05, 3.63) is 0 Å². The molecule has 0 aliphatic carbocycles.